The number of nitrogens with one attached hydrogen (secondary N) is 2. The van der Waals surface area contributed by atoms with Crippen molar-refractivity contribution in [1.29, 1.82) is 0 Å². The van der Waals surface area contributed by atoms with Gasteiger partial charge in [0.15, 0.2) is 0 Å². The molecule has 1 aliphatic rings. The van der Waals surface area contributed by atoms with Crippen LogP contribution in [-0.2, 0) is 19.1 Å². The van der Waals surface area contributed by atoms with Gasteiger partial charge in [0.2, 0.25) is 11.8 Å². The summed E-state index contributed by atoms with van der Waals surface area (Å²) in [7, 11) is 0. The second kappa shape index (κ2) is 13.7. The number of carbonyl (C=O) groups is 5. The van der Waals surface area contributed by atoms with E-state index in [2.05, 4.69) is 10.6 Å². The van der Waals surface area contributed by atoms with Gasteiger partial charge in [-0.25, -0.2) is 9.69 Å². The van der Waals surface area contributed by atoms with Crippen LogP contribution >= 0.6 is 11.8 Å². The average Bonchev–Trinajstić information content (AvgIpc) is 3.64. The summed E-state index contributed by atoms with van der Waals surface area (Å²) in [4.78, 5) is 65.8. The van der Waals surface area contributed by atoms with Gasteiger partial charge in [-0.2, -0.15) is 0 Å². The van der Waals surface area contributed by atoms with E-state index in [-0.39, 0.29) is 30.5 Å². The van der Waals surface area contributed by atoms with Gasteiger partial charge in [0.05, 0.1) is 29.4 Å². The van der Waals surface area contributed by atoms with Gasteiger partial charge in [0.1, 0.15) is 11.5 Å². The number of nitrogens with zero attached hydrogens (tertiary/aromatic N) is 1. The monoisotopic (exact) mass is 609 g/mol. The molecule has 3 aromatic carbocycles. The van der Waals surface area contributed by atoms with Crippen molar-refractivity contribution in [2.45, 2.75) is 23.5 Å². The van der Waals surface area contributed by atoms with E-state index >= 15 is 0 Å². The van der Waals surface area contributed by atoms with Crippen LogP contribution in [0, 0.1) is 0 Å². The summed E-state index contributed by atoms with van der Waals surface area (Å²) in [6.45, 7) is 1.94. The Balaban J connectivity index is 1.27. The van der Waals surface area contributed by atoms with Crippen LogP contribution in [0.4, 0.5) is 11.4 Å². The summed E-state index contributed by atoms with van der Waals surface area (Å²) in [6.07, 6.45) is 2.86. The van der Waals surface area contributed by atoms with E-state index in [1.165, 1.54) is 48.4 Å². The minimum Gasteiger partial charge on any atom is -0.465 e. The molecule has 44 heavy (non-hydrogen) atoms. The predicted octanol–water partition coefficient (Wildman–Crippen LogP) is 5.29. The van der Waals surface area contributed by atoms with E-state index in [0.29, 0.717) is 33.2 Å². The summed E-state index contributed by atoms with van der Waals surface area (Å²) < 4.78 is 10.3. The number of carbonyl (C=O) groups excluding carboxylic acids is 5. The molecule has 222 valence electrons. The van der Waals surface area contributed by atoms with Crippen LogP contribution in [0.2, 0.25) is 0 Å². The first-order valence-corrected chi connectivity index (χ1v) is 14.5. The number of benzene rings is 3. The zero-order chi connectivity index (χ0) is 31.1. The summed E-state index contributed by atoms with van der Waals surface area (Å²) in [5.41, 5.74) is 1.45. The molecule has 5 rings (SSSR count). The van der Waals surface area contributed by atoms with Gasteiger partial charge in [0, 0.05) is 28.6 Å². The molecule has 0 unspecified atom stereocenters. The molecule has 0 radical (unpaired) electrons. The fourth-order valence-electron chi connectivity index (χ4n) is 4.40. The number of thioether (sulfide) groups is 1. The fourth-order valence-corrected chi connectivity index (χ4v) is 5.51. The Labute approximate surface area is 257 Å². The maximum absolute atomic E-state index is 13.3. The number of rotatable bonds is 10. The molecule has 1 atom stereocenters. The van der Waals surface area contributed by atoms with E-state index < -0.39 is 23.0 Å². The quantitative estimate of drug-likeness (QED) is 0.141. The lowest BCUT2D eigenvalue weighted by atomic mass is 10.2. The molecule has 11 heteroatoms. The summed E-state index contributed by atoms with van der Waals surface area (Å²) >= 11 is 1.20. The zero-order valence-corrected chi connectivity index (χ0v) is 24.3. The fraction of sp³-hybridized carbons (Fsp3) is 0.121. The lowest BCUT2D eigenvalue weighted by Gasteiger charge is -2.15. The topological polar surface area (TPSA) is 135 Å². The van der Waals surface area contributed by atoms with Crippen LogP contribution in [0.1, 0.15) is 39.8 Å². The van der Waals surface area contributed by atoms with Gasteiger partial charge >= 0.3 is 5.97 Å². The molecule has 1 fully saturated rings. The maximum Gasteiger partial charge on any atom is 0.338 e. The normalized spacial score (nSPS) is 14.8. The van der Waals surface area contributed by atoms with Crippen LogP contribution in [-0.4, -0.2) is 41.5 Å². The first-order chi connectivity index (χ1) is 21.3. The maximum atomic E-state index is 13.3. The first-order valence-electron chi connectivity index (χ1n) is 13.7. The SMILES string of the molecule is CCOC(=O)c1ccc(N2C(=O)C[C@@H](Sc3cccc(NC(=O)/C(=C\c4ccco4)NC(=O)c4ccccc4)c3)C2=O)cc1. The number of esters is 1. The van der Waals surface area contributed by atoms with Gasteiger partial charge in [-0.3, -0.25) is 19.2 Å². The standard InChI is InChI=1S/C33H27N3O7S/c1-2-42-33(41)22-13-15-24(16-14-22)36-29(37)20-28(32(36)40)44-26-12-6-10-23(18-26)34-31(39)27(19-25-11-7-17-43-25)35-30(38)21-8-4-3-5-9-21/h3-19,28H,2,20H2,1H3,(H,34,39)(H,35,38)/b27-19+/t28-/m1/s1. The number of imide groups is 1. The van der Waals surface area contributed by atoms with E-state index in [9.17, 15) is 24.0 Å². The third-order valence-electron chi connectivity index (χ3n) is 6.47. The van der Waals surface area contributed by atoms with Crippen molar-refractivity contribution in [3.63, 3.8) is 0 Å². The Bertz CT molecular complexity index is 1720. The number of furan rings is 1. The molecule has 0 aliphatic carbocycles. The Morgan fingerprint density at radius 3 is 2.43 bits per heavy atom. The third kappa shape index (κ3) is 7.13. The summed E-state index contributed by atoms with van der Waals surface area (Å²) in [6, 6.07) is 24.7. The van der Waals surface area contributed by atoms with Crippen molar-refractivity contribution in [3.8, 4) is 0 Å². The highest BCUT2D eigenvalue weighted by atomic mass is 32.2. The van der Waals surface area contributed by atoms with Gasteiger partial charge in [-0.1, -0.05) is 24.3 Å². The smallest absolute Gasteiger partial charge is 0.338 e. The van der Waals surface area contributed by atoms with Gasteiger partial charge < -0.3 is 19.8 Å². The second-order valence-corrected chi connectivity index (χ2v) is 10.8. The van der Waals surface area contributed by atoms with Crippen molar-refractivity contribution < 1.29 is 33.1 Å². The van der Waals surface area contributed by atoms with E-state index in [4.69, 9.17) is 9.15 Å². The second-order valence-electron chi connectivity index (χ2n) is 9.52. The van der Waals surface area contributed by atoms with E-state index in [1.54, 1.807) is 73.7 Å². The van der Waals surface area contributed by atoms with Crippen molar-refractivity contribution in [2.75, 3.05) is 16.8 Å². The van der Waals surface area contributed by atoms with Crippen molar-refractivity contribution in [3.05, 3.63) is 120 Å². The predicted molar refractivity (Wildman–Crippen MR) is 165 cm³/mol. The van der Waals surface area contributed by atoms with Crippen LogP contribution in [0.25, 0.3) is 6.08 Å². The average molecular weight is 610 g/mol. The Morgan fingerprint density at radius 2 is 1.73 bits per heavy atom. The largest absolute Gasteiger partial charge is 0.465 e. The van der Waals surface area contributed by atoms with E-state index in [1.807, 2.05) is 0 Å². The molecule has 4 aromatic rings. The minimum atomic E-state index is -0.683. The molecule has 1 aromatic heterocycles. The molecule has 1 aliphatic heterocycles. The number of ether oxygens (including phenoxy) is 1. The highest BCUT2D eigenvalue weighted by Gasteiger charge is 2.40. The van der Waals surface area contributed by atoms with Gasteiger partial charge in [-0.05, 0) is 73.7 Å². The molecule has 0 saturated carbocycles. The van der Waals surface area contributed by atoms with Gasteiger partial charge in [0.25, 0.3) is 11.8 Å². The molecule has 2 N–H and O–H groups in total. The van der Waals surface area contributed by atoms with Crippen molar-refractivity contribution in [2.24, 2.45) is 0 Å². The highest BCUT2D eigenvalue weighted by molar-refractivity contribution is 8.00. The minimum absolute atomic E-state index is 0.0126. The van der Waals surface area contributed by atoms with Crippen LogP contribution < -0.4 is 15.5 Å². The van der Waals surface area contributed by atoms with E-state index in [0.717, 1.165) is 4.90 Å². The van der Waals surface area contributed by atoms with Crippen LogP contribution in [0.3, 0.4) is 0 Å². The van der Waals surface area contributed by atoms with Gasteiger partial charge in [-0.15, -0.1) is 11.8 Å². The Morgan fingerprint density at radius 1 is 0.955 bits per heavy atom. The number of hydrogen-bond acceptors (Lipinski definition) is 8. The molecule has 0 spiro atoms. The lowest BCUT2D eigenvalue weighted by Crippen LogP contribution is -2.31. The Hall–Kier alpha value is -5.42. The first kappa shape index (κ1) is 30.1. The summed E-state index contributed by atoms with van der Waals surface area (Å²) in [5.74, 6) is -1.91. The number of hydrogen-bond donors (Lipinski definition) is 2. The number of amides is 4. The lowest BCUT2D eigenvalue weighted by molar-refractivity contribution is -0.121. The third-order valence-corrected chi connectivity index (χ3v) is 7.65. The molecule has 0 bridgehead atoms. The van der Waals surface area contributed by atoms with Crippen LogP contribution in [0.5, 0.6) is 0 Å². The molecule has 2 heterocycles. The van der Waals surface area contributed by atoms with Crippen molar-refractivity contribution in [1.82, 2.24) is 5.32 Å². The molecule has 1 saturated heterocycles. The van der Waals surface area contributed by atoms with Crippen molar-refractivity contribution >= 4 is 58.8 Å². The zero-order valence-electron chi connectivity index (χ0n) is 23.5. The number of anilines is 2. The summed E-state index contributed by atoms with van der Waals surface area (Å²) in [5, 5.41) is 4.74. The Kier molecular flexibility index (Phi) is 9.36. The molecule has 10 nitrogen and oxygen atoms in total. The molecular weight excluding hydrogens is 582 g/mol. The highest BCUT2D eigenvalue weighted by Crippen LogP contribution is 2.35. The molecular formula is C33H27N3O7S. The van der Waals surface area contributed by atoms with Crippen LogP contribution in [0.15, 0.2) is 112 Å². The molecule has 4 amide bonds.